The molecule has 1 heterocycles. The molecule has 17 heavy (non-hydrogen) atoms. The molecular formula is C11H18ClNO3S. The highest BCUT2D eigenvalue weighted by molar-refractivity contribution is 7.10. The van der Waals surface area contributed by atoms with Crippen LogP contribution < -0.4 is 4.74 Å². The summed E-state index contributed by atoms with van der Waals surface area (Å²) in [6.07, 6.45) is -1.03. The lowest BCUT2D eigenvalue weighted by Gasteiger charge is -2.14. The number of halogens is 1. The highest BCUT2D eigenvalue weighted by Gasteiger charge is 2.23. The van der Waals surface area contributed by atoms with Crippen LogP contribution >= 0.6 is 23.7 Å². The van der Waals surface area contributed by atoms with E-state index in [1.165, 1.54) is 11.3 Å². The zero-order chi connectivity index (χ0) is 12.1. The fourth-order valence-corrected chi connectivity index (χ4v) is 2.22. The zero-order valence-electron chi connectivity index (χ0n) is 10.1. The van der Waals surface area contributed by atoms with Crippen LogP contribution in [0, 0.1) is 12.3 Å². The molecular weight excluding hydrogens is 262 g/mol. The van der Waals surface area contributed by atoms with Gasteiger partial charge in [0.15, 0.2) is 6.10 Å². The summed E-state index contributed by atoms with van der Waals surface area (Å²) in [5.41, 5.74) is 0.644. The first-order valence-electron chi connectivity index (χ1n) is 5.21. The van der Waals surface area contributed by atoms with Gasteiger partial charge >= 0.3 is 0 Å². The molecule has 4 nitrogen and oxygen atoms in total. The lowest BCUT2D eigenvalue weighted by atomic mass is 10.1. The Bertz CT molecular complexity index is 368. The highest BCUT2D eigenvalue weighted by Crippen LogP contribution is 2.34. The van der Waals surface area contributed by atoms with Crippen LogP contribution in [0.25, 0.3) is 0 Å². The fraction of sp³-hybridized carbons (Fsp3) is 0.545. The van der Waals surface area contributed by atoms with Crippen molar-refractivity contribution in [2.45, 2.75) is 26.9 Å². The predicted octanol–water partition coefficient (Wildman–Crippen LogP) is 2.92. The Labute approximate surface area is 111 Å². The van der Waals surface area contributed by atoms with E-state index >= 15 is 0 Å². The highest BCUT2D eigenvalue weighted by atomic mass is 35.5. The molecule has 0 aliphatic carbocycles. The van der Waals surface area contributed by atoms with E-state index in [2.05, 4.69) is 0 Å². The quantitative estimate of drug-likeness (QED) is 0.643. The molecule has 1 unspecified atom stereocenters. The summed E-state index contributed by atoms with van der Waals surface area (Å²) in [5.74, 6) is 0.506. The number of aryl methyl sites for hydroxylation is 1. The van der Waals surface area contributed by atoms with Crippen LogP contribution in [0.3, 0.4) is 0 Å². The van der Waals surface area contributed by atoms with E-state index in [-0.39, 0.29) is 18.3 Å². The molecule has 2 N–H and O–H groups in total. The minimum Gasteiger partial charge on any atom is -0.493 e. The van der Waals surface area contributed by atoms with Gasteiger partial charge in [0.25, 0.3) is 0 Å². The van der Waals surface area contributed by atoms with Crippen molar-refractivity contribution in [2.24, 2.45) is 0 Å². The van der Waals surface area contributed by atoms with Crippen LogP contribution in [0.2, 0.25) is 0 Å². The van der Waals surface area contributed by atoms with Gasteiger partial charge in [-0.1, -0.05) is 0 Å². The van der Waals surface area contributed by atoms with Gasteiger partial charge in [-0.2, -0.15) is 0 Å². The maximum Gasteiger partial charge on any atom is 0.215 e. The van der Waals surface area contributed by atoms with Gasteiger partial charge in [0.1, 0.15) is 5.75 Å². The Hall–Kier alpha value is -0.780. The second-order valence-corrected chi connectivity index (χ2v) is 4.29. The van der Waals surface area contributed by atoms with Crippen molar-refractivity contribution < 1.29 is 14.6 Å². The molecule has 0 bridgehead atoms. The molecule has 0 amide bonds. The van der Waals surface area contributed by atoms with E-state index < -0.39 is 6.10 Å². The maximum atomic E-state index is 9.97. The average molecular weight is 280 g/mol. The number of rotatable bonds is 5. The van der Waals surface area contributed by atoms with E-state index in [9.17, 15) is 5.11 Å². The second kappa shape index (κ2) is 7.53. The normalized spacial score (nSPS) is 11.5. The van der Waals surface area contributed by atoms with Crippen molar-refractivity contribution in [1.29, 1.82) is 5.41 Å². The topological polar surface area (TPSA) is 62.5 Å². The first-order valence-corrected chi connectivity index (χ1v) is 6.09. The molecule has 0 radical (unpaired) electrons. The molecule has 0 aromatic carbocycles. The molecule has 1 aromatic rings. The number of ether oxygens (including phenoxy) is 2. The molecule has 0 fully saturated rings. The van der Waals surface area contributed by atoms with Crippen LogP contribution in [-0.4, -0.2) is 24.2 Å². The van der Waals surface area contributed by atoms with Gasteiger partial charge < -0.3 is 14.6 Å². The lowest BCUT2D eigenvalue weighted by Crippen LogP contribution is -2.15. The van der Waals surface area contributed by atoms with Crippen molar-refractivity contribution in [1.82, 2.24) is 0 Å². The Morgan fingerprint density at radius 2 is 2.12 bits per heavy atom. The van der Waals surface area contributed by atoms with Crippen molar-refractivity contribution in [3.05, 3.63) is 15.8 Å². The third-order valence-electron chi connectivity index (χ3n) is 2.11. The number of nitrogens with one attached hydrogen (secondary N) is 1. The van der Waals surface area contributed by atoms with Gasteiger partial charge in [0.2, 0.25) is 5.90 Å². The Morgan fingerprint density at radius 1 is 1.47 bits per heavy atom. The summed E-state index contributed by atoms with van der Waals surface area (Å²) in [5, 5.41) is 19.4. The fourth-order valence-electron chi connectivity index (χ4n) is 1.40. The average Bonchev–Trinajstić information content (AvgIpc) is 2.60. The number of hydrogen-bond acceptors (Lipinski definition) is 5. The Morgan fingerprint density at radius 3 is 2.65 bits per heavy atom. The largest absolute Gasteiger partial charge is 0.493 e. The third-order valence-corrected chi connectivity index (χ3v) is 3.01. The summed E-state index contributed by atoms with van der Waals surface area (Å²) in [4.78, 5) is 0.945. The second-order valence-electron chi connectivity index (χ2n) is 3.20. The first kappa shape index (κ1) is 16.2. The summed E-state index contributed by atoms with van der Waals surface area (Å²) in [7, 11) is 0. The predicted molar refractivity (Wildman–Crippen MR) is 71.8 cm³/mol. The van der Waals surface area contributed by atoms with Gasteiger partial charge in [-0.15, -0.1) is 23.7 Å². The van der Waals surface area contributed by atoms with Crippen molar-refractivity contribution >= 4 is 29.6 Å². The summed E-state index contributed by atoms with van der Waals surface area (Å²) >= 11 is 1.50. The van der Waals surface area contributed by atoms with Gasteiger partial charge in [-0.05, 0) is 20.8 Å². The van der Waals surface area contributed by atoms with Gasteiger partial charge in [0, 0.05) is 15.8 Å². The van der Waals surface area contributed by atoms with E-state index in [4.69, 9.17) is 14.9 Å². The van der Waals surface area contributed by atoms with Crippen LogP contribution in [0.1, 0.15) is 30.4 Å². The van der Waals surface area contributed by atoms with E-state index in [0.29, 0.717) is 24.5 Å². The van der Waals surface area contributed by atoms with Gasteiger partial charge in [-0.3, -0.25) is 5.41 Å². The Balaban J connectivity index is 0.00000256. The molecule has 0 saturated carbocycles. The summed E-state index contributed by atoms with van der Waals surface area (Å²) < 4.78 is 10.4. The minimum absolute atomic E-state index is 0. The number of aliphatic hydroxyl groups excluding tert-OH is 1. The van der Waals surface area contributed by atoms with Crippen LogP contribution in [0.5, 0.6) is 5.75 Å². The molecule has 98 valence electrons. The summed E-state index contributed by atoms with van der Waals surface area (Å²) in [6, 6.07) is 0. The molecule has 0 aliphatic rings. The third kappa shape index (κ3) is 3.87. The lowest BCUT2D eigenvalue weighted by molar-refractivity contribution is 0.185. The van der Waals surface area contributed by atoms with Crippen LogP contribution in [0.15, 0.2) is 5.38 Å². The Kier molecular flexibility index (Phi) is 7.18. The van der Waals surface area contributed by atoms with E-state index in [1.807, 2.05) is 19.2 Å². The number of hydrogen-bond donors (Lipinski definition) is 2. The minimum atomic E-state index is -1.03. The summed E-state index contributed by atoms with van der Waals surface area (Å²) in [6.45, 7) is 6.48. The molecule has 1 atom stereocenters. The van der Waals surface area contributed by atoms with Crippen molar-refractivity contribution in [2.75, 3.05) is 13.2 Å². The molecule has 0 spiro atoms. The number of thiophene rings is 1. The van der Waals surface area contributed by atoms with Crippen LogP contribution in [0.4, 0.5) is 0 Å². The van der Waals surface area contributed by atoms with Crippen molar-refractivity contribution in [3.8, 4) is 5.75 Å². The van der Waals surface area contributed by atoms with E-state index in [0.717, 1.165) is 4.88 Å². The SMILES string of the molecule is CCOC(=N)C(O)c1c(OCC)csc1C.Cl. The maximum absolute atomic E-state index is 9.97. The van der Waals surface area contributed by atoms with Gasteiger partial charge in [-0.25, -0.2) is 0 Å². The zero-order valence-corrected chi connectivity index (χ0v) is 11.8. The molecule has 0 saturated heterocycles. The standard InChI is InChI=1S/C11H17NO3S.ClH/c1-4-14-8-6-16-7(3)9(8)10(13)11(12)15-5-2;/h6,10,12-13H,4-5H2,1-3H3;1H. The molecule has 1 rings (SSSR count). The van der Waals surface area contributed by atoms with E-state index in [1.54, 1.807) is 6.92 Å². The smallest absolute Gasteiger partial charge is 0.215 e. The molecule has 6 heteroatoms. The van der Waals surface area contributed by atoms with Gasteiger partial charge in [0.05, 0.1) is 13.2 Å². The molecule has 0 aliphatic heterocycles. The number of aliphatic hydroxyl groups is 1. The van der Waals surface area contributed by atoms with Crippen molar-refractivity contribution in [3.63, 3.8) is 0 Å². The van der Waals surface area contributed by atoms with Crippen LogP contribution in [-0.2, 0) is 4.74 Å². The monoisotopic (exact) mass is 279 g/mol. The molecule has 1 aromatic heterocycles. The first-order chi connectivity index (χ1) is 7.61.